The lowest BCUT2D eigenvalue weighted by Gasteiger charge is -2.15. The molecule has 0 saturated carbocycles. The quantitative estimate of drug-likeness (QED) is 0.459. The topological polar surface area (TPSA) is 17.1 Å². The number of alkyl halides is 3. The maximum absolute atomic E-state index is 12.7. The number of carbonyl (C=O) groups excluding carboxylic acids is 1. The monoisotopic (exact) mass is 302 g/mol. The van der Waals surface area contributed by atoms with Crippen molar-refractivity contribution in [3.8, 4) is 0 Å². The van der Waals surface area contributed by atoms with E-state index in [4.69, 9.17) is 0 Å². The van der Waals surface area contributed by atoms with Gasteiger partial charge in [-0.25, -0.2) is 0 Å². The first-order chi connectivity index (χ1) is 10.4. The van der Waals surface area contributed by atoms with Gasteiger partial charge < -0.3 is 0 Å². The number of rotatable bonds is 2. The van der Waals surface area contributed by atoms with Gasteiger partial charge in [0.25, 0.3) is 0 Å². The van der Waals surface area contributed by atoms with Crippen LogP contribution in [0.25, 0.3) is 21.5 Å². The summed E-state index contributed by atoms with van der Waals surface area (Å²) in [6.07, 6.45) is -4.52. The van der Waals surface area contributed by atoms with Crippen molar-refractivity contribution in [2.75, 3.05) is 0 Å². The average Bonchev–Trinajstić information content (AvgIpc) is 2.52. The molecule has 0 fully saturated rings. The molecule has 1 unspecified atom stereocenters. The number of hydrogen-bond donors (Lipinski definition) is 0. The maximum atomic E-state index is 12.7. The Morgan fingerprint density at radius 2 is 1.50 bits per heavy atom. The van der Waals surface area contributed by atoms with Crippen LogP contribution in [0.4, 0.5) is 13.2 Å². The fourth-order valence-corrected chi connectivity index (χ4v) is 2.55. The van der Waals surface area contributed by atoms with Gasteiger partial charge in [0, 0.05) is 5.56 Å². The van der Waals surface area contributed by atoms with Gasteiger partial charge in [-0.3, -0.25) is 4.79 Å². The van der Waals surface area contributed by atoms with Gasteiger partial charge in [0.2, 0.25) is 0 Å². The smallest absolute Gasteiger partial charge is 0.294 e. The van der Waals surface area contributed by atoms with E-state index in [0.717, 1.165) is 28.5 Å². The molecule has 0 saturated heterocycles. The van der Waals surface area contributed by atoms with Crippen molar-refractivity contribution in [1.82, 2.24) is 0 Å². The first-order valence-corrected chi connectivity index (χ1v) is 6.90. The van der Waals surface area contributed by atoms with Crippen molar-refractivity contribution in [1.29, 1.82) is 0 Å². The van der Waals surface area contributed by atoms with E-state index in [1.54, 1.807) is 12.1 Å². The Balaban J connectivity index is 2.17. The van der Waals surface area contributed by atoms with Gasteiger partial charge in [-0.1, -0.05) is 48.5 Å². The number of hydrogen-bond acceptors (Lipinski definition) is 1. The molecule has 0 spiro atoms. The van der Waals surface area contributed by atoms with Crippen LogP contribution in [0.5, 0.6) is 0 Å². The highest BCUT2D eigenvalue weighted by molar-refractivity contribution is 6.10. The van der Waals surface area contributed by atoms with Gasteiger partial charge in [0.15, 0.2) is 5.78 Å². The minimum Gasteiger partial charge on any atom is -0.294 e. The van der Waals surface area contributed by atoms with Crippen LogP contribution in [0.3, 0.4) is 0 Å². The van der Waals surface area contributed by atoms with Crippen molar-refractivity contribution in [3.63, 3.8) is 0 Å². The average molecular weight is 302 g/mol. The van der Waals surface area contributed by atoms with Crippen LogP contribution in [0.1, 0.15) is 17.3 Å². The minimum absolute atomic E-state index is 0.0914. The number of ketones is 1. The molecule has 4 heteroatoms. The number of carbonyl (C=O) groups is 1. The van der Waals surface area contributed by atoms with E-state index in [-0.39, 0.29) is 5.56 Å². The van der Waals surface area contributed by atoms with Crippen LogP contribution < -0.4 is 0 Å². The third-order valence-electron chi connectivity index (χ3n) is 3.92. The summed E-state index contributed by atoms with van der Waals surface area (Å²) in [5, 5.41) is 3.60. The number of fused-ring (bicyclic) bond motifs is 3. The second kappa shape index (κ2) is 5.13. The van der Waals surface area contributed by atoms with Crippen LogP contribution in [-0.2, 0) is 0 Å². The van der Waals surface area contributed by atoms with Gasteiger partial charge in [-0.05, 0) is 34.5 Å². The van der Waals surface area contributed by atoms with Crippen LogP contribution in [0.2, 0.25) is 0 Å². The highest BCUT2D eigenvalue weighted by atomic mass is 19.4. The standard InChI is InChI=1S/C18H13F3O/c1-11(18(19,20)21)17(22)14-9-8-13-7-6-12-4-2-3-5-15(12)16(13)10-14/h2-11H,1H3. The molecule has 3 aromatic rings. The van der Waals surface area contributed by atoms with E-state index in [9.17, 15) is 18.0 Å². The number of benzene rings is 3. The molecule has 112 valence electrons. The fourth-order valence-electron chi connectivity index (χ4n) is 2.55. The molecule has 0 radical (unpaired) electrons. The van der Waals surface area contributed by atoms with E-state index in [1.807, 2.05) is 36.4 Å². The molecular weight excluding hydrogens is 289 g/mol. The fraction of sp³-hybridized carbons (Fsp3) is 0.167. The Labute approximate surface area is 125 Å². The molecule has 0 aliphatic rings. The predicted octanol–water partition coefficient (Wildman–Crippen LogP) is 5.37. The normalized spacial score (nSPS) is 13.5. The molecule has 0 aliphatic carbocycles. The van der Waals surface area contributed by atoms with Gasteiger partial charge in [-0.2, -0.15) is 13.2 Å². The van der Waals surface area contributed by atoms with Crippen molar-refractivity contribution >= 4 is 27.3 Å². The maximum Gasteiger partial charge on any atom is 0.398 e. The molecule has 1 atom stereocenters. The van der Waals surface area contributed by atoms with Gasteiger partial charge in [0.1, 0.15) is 5.92 Å². The third-order valence-corrected chi connectivity index (χ3v) is 3.92. The Bertz CT molecular complexity index is 865. The van der Waals surface area contributed by atoms with E-state index in [2.05, 4.69) is 0 Å². The van der Waals surface area contributed by atoms with Crippen LogP contribution in [0.15, 0.2) is 54.6 Å². The molecule has 22 heavy (non-hydrogen) atoms. The first kappa shape index (κ1) is 14.6. The van der Waals surface area contributed by atoms with Gasteiger partial charge in [-0.15, -0.1) is 0 Å². The number of Topliss-reactive ketones (excluding diaryl/α,β-unsaturated/α-hetero) is 1. The Hall–Kier alpha value is -2.36. The molecular formula is C18H13F3O. The molecule has 0 aliphatic heterocycles. The predicted molar refractivity (Wildman–Crippen MR) is 81.0 cm³/mol. The molecule has 3 aromatic carbocycles. The Kier molecular flexibility index (Phi) is 3.39. The molecule has 3 rings (SSSR count). The Morgan fingerprint density at radius 1 is 0.909 bits per heavy atom. The summed E-state index contributed by atoms with van der Waals surface area (Å²) in [6.45, 7) is 0.898. The summed E-state index contributed by atoms with van der Waals surface area (Å²) in [5.74, 6) is -2.90. The Morgan fingerprint density at radius 3 is 2.18 bits per heavy atom. The molecule has 0 N–H and O–H groups in total. The zero-order valence-electron chi connectivity index (χ0n) is 11.8. The van der Waals surface area contributed by atoms with Crippen molar-refractivity contribution < 1.29 is 18.0 Å². The molecule has 0 amide bonds. The summed E-state index contributed by atoms with van der Waals surface area (Å²) >= 11 is 0. The van der Waals surface area contributed by atoms with E-state index < -0.39 is 17.9 Å². The second-order valence-corrected chi connectivity index (χ2v) is 5.35. The third kappa shape index (κ3) is 2.45. The summed E-state index contributed by atoms with van der Waals surface area (Å²) < 4.78 is 38.2. The lowest BCUT2D eigenvalue weighted by atomic mass is 9.94. The molecule has 0 aromatic heterocycles. The number of halogens is 3. The van der Waals surface area contributed by atoms with Crippen LogP contribution in [0, 0.1) is 5.92 Å². The van der Waals surface area contributed by atoms with Gasteiger partial charge >= 0.3 is 6.18 Å². The first-order valence-electron chi connectivity index (χ1n) is 6.90. The van der Waals surface area contributed by atoms with Crippen LogP contribution >= 0.6 is 0 Å². The summed E-state index contributed by atoms with van der Waals surface area (Å²) in [6, 6.07) is 16.2. The van der Waals surface area contributed by atoms with E-state index in [1.165, 1.54) is 6.07 Å². The largest absolute Gasteiger partial charge is 0.398 e. The van der Waals surface area contributed by atoms with Crippen LogP contribution in [-0.4, -0.2) is 12.0 Å². The minimum atomic E-state index is -4.52. The van der Waals surface area contributed by atoms with E-state index in [0.29, 0.717) is 0 Å². The summed E-state index contributed by atoms with van der Waals surface area (Å²) in [7, 11) is 0. The van der Waals surface area contributed by atoms with Crippen molar-refractivity contribution in [2.24, 2.45) is 5.92 Å². The molecule has 0 heterocycles. The van der Waals surface area contributed by atoms with Gasteiger partial charge in [0.05, 0.1) is 0 Å². The molecule has 0 bridgehead atoms. The summed E-state index contributed by atoms with van der Waals surface area (Å²) in [5.41, 5.74) is 0.0914. The zero-order chi connectivity index (χ0) is 15.9. The summed E-state index contributed by atoms with van der Waals surface area (Å²) in [4.78, 5) is 12.1. The van der Waals surface area contributed by atoms with E-state index >= 15 is 0 Å². The second-order valence-electron chi connectivity index (χ2n) is 5.35. The van der Waals surface area contributed by atoms with Crippen molar-refractivity contribution in [3.05, 3.63) is 60.2 Å². The lowest BCUT2D eigenvalue weighted by molar-refractivity contribution is -0.155. The van der Waals surface area contributed by atoms with Crippen molar-refractivity contribution in [2.45, 2.75) is 13.1 Å². The SMILES string of the molecule is CC(C(=O)c1ccc2ccc3ccccc3c2c1)C(F)(F)F. The highest BCUT2D eigenvalue weighted by Crippen LogP contribution is 2.31. The molecule has 1 nitrogen and oxygen atoms in total. The zero-order valence-corrected chi connectivity index (χ0v) is 11.8. The lowest BCUT2D eigenvalue weighted by Crippen LogP contribution is -2.27. The highest BCUT2D eigenvalue weighted by Gasteiger charge is 2.41.